The maximum atomic E-state index is 9.01. The zero-order valence-corrected chi connectivity index (χ0v) is 4.87. The molecule has 0 bridgehead atoms. The molecule has 0 saturated carbocycles. The van der Waals surface area contributed by atoms with Gasteiger partial charge in [-0.1, -0.05) is 6.92 Å². The monoisotopic (exact) mass is 114 g/mol. The second kappa shape index (κ2) is 2.18. The third-order valence-corrected chi connectivity index (χ3v) is 1.31. The van der Waals surface area contributed by atoms with E-state index >= 15 is 0 Å². The molecule has 1 N–H and O–H groups in total. The van der Waals surface area contributed by atoms with Gasteiger partial charge in [-0.3, -0.25) is 0 Å². The smallest absolute Gasteiger partial charge is 0.0926 e. The molecule has 1 rings (SSSR count). The Labute approximate surface area is 48.8 Å². The molecule has 0 amide bonds. The van der Waals surface area contributed by atoms with E-state index in [0.29, 0.717) is 6.61 Å². The van der Waals surface area contributed by atoms with E-state index in [0.717, 1.165) is 0 Å². The average Bonchev–Trinajstić information content (AvgIpc) is 1.77. The Morgan fingerprint density at radius 2 is 2.50 bits per heavy atom. The average molecular weight is 114 g/mol. The second-order valence-electron chi connectivity index (χ2n) is 2.13. The first-order valence-electron chi connectivity index (χ1n) is 2.77. The first-order chi connectivity index (χ1) is 3.80. The predicted molar refractivity (Wildman–Crippen MR) is 30.3 cm³/mol. The van der Waals surface area contributed by atoms with Crippen LogP contribution < -0.4 is 0 Å². The van der Waals surface area contributed by atoms with Crippen molar-refractivity contribution in [2.24, 2.45) is 5.92 Å². The van der Waals surface area contributed by atoms with E-state index in [2.05, 4.69) is 0 Å². The molecule has 2 nitrogen and oxygen atoms in total. The van der Waals surface area contributed by atoms with Crippen molar-refractivity contribution in [2.45, 2.75) is 13.0 Å². The van der Waals surface area contributed by atoms with Crippen LogP contribution in [0.2, 0.25) is 0 Å². The van der Waals surface area contributed by atoms with Gasteiger partial charge in [0, 0.05) is 5.92 Å². The van der Waals surface area contributed by atoms with Crippen molar-refractivity contribution in [3.05, 3.63) is 12.3 Å². The lowest BCUT2D eigenvalue weighted by atomic mass is 10.1. The van der Waals surface area contributed by atoms with Gasteiger partial charge in [0.05, 0.1) is 19.0 Å². The zero-order valence-electron chi connectivity index (χ0n) is 4.87. The molecule has 1 heterocycles. The summed E-state index contributed by atoms with van der Waals surface area (Å²) in [5.41, 5.74) is 0. The number of aliphatic hydroxyl groups excluding tert-OH is 1. The summed E-state index contributed by atoms with van der Waals surface area (Å²) in [6.07, 6.45) is 2.91. The lowest BCUT2D eigenvalue weighted by Crippen LogP contribution is -2.22. The first-order valence-corrected chi connectivity index (χ1v) is 2.77. The third kappa shape index (κ3) is 1.01. The molecule has 8 heavy (non-hydrogen) atoms. The van der Waals surface area contributed by atoms with Crippen LogP contribution in [-0.4, -0.2) is 17.8 Å². The minimum atomic E-state index is -0.302. The summed E-state index contributed by atoms with van der Waals surface area (Å²) in [4.78, 5) is 0. The SMILES string of the molecule is C[C@@H]1COC=C[C@H]1O. The molecule has 0 unspecified atom stereocenters. The van der Waals surface area contributed by atoms with Crippen LogP contribution in [0.3, 0.4) is 0 Å². The molecule has 0 aromatic carbocycles. The van der Waals surface area contributed by atoms with Gasteiger partial charge >= 0.3 is 0 Å². The molecule has 0 spiro atoms. The van der Waals surface area contributed by atoms with Crippen LogP contribution in [0.15, 0.2) is 12.3 Å². The standard InChI is InChI=1S/C6H10O2/c1-5-4-8-3-2-6(5)7/h2-3,5-7H,4H2,1H3/t5-,6-/m1/s1. The van der Waals surface area contributed by atoms with Gasteiger partial charge in [-0.25, -0.2) is 0 Å². The maximum Gasteiger partial charge on any atom is 0.0926 e. The highest BCUT2D eigenvalue weighted by atomic mass is 16.5. The van der Waals surface area contributed by atoms with Gasteiger partial charge in [0.25, 0.3) is 0 Å². The Morgan fingerprint density at radius 3 is 2.88 bits per heavy atom. The molecule has 46 valence electrons. The van der Waals surface area contributed by atoms with Crippen molar-refractivity contribution in [1.29, 1.82) is 0 Å². The van der Waals surface area contributed by atoms with Crippen LogP contribution in [0.5, 0.6) is 0 Å². The molecule has 0 aliphatic carbocycles. The van der Waals surface area contributed by atoms with Crippen LogP contribution in [0, 0.1) is 5.92 Å². The summed E-state index contributed by atoms with van der Waals surface area (Å²) in [6.45, 7) is 2.59. The lowest BCUT2D eigenvalue weighted by Gasteiger charge is -2.18. The van der Waals surface area contributed by atoms with Crippen LogP contribution in [-0.2, 0) is 4.74 Å². The van der Waals surface area contributed by atoms with E-state index in [9.17, 15) is 0 Å². The molecular formula is C6H10O2. The molecule has 0 aromatic heterocycles. The second-order valence-corrected chi connectivity index (χ2v) is 2.13. The van der Waals surface area contributed by atoms with Gasteiger partial charge < -0.3 is 9.84 Å². The van der Waals surface area contributed by atoms with Crippen molar-refractivity contribution >= 4 is 0 Å². The molecule has 1 aliphatic heterocycles. The molecule has 0 radical (unpaired) electrons. The molecule has 2 atom stereocenters. The molecule has 0 saturated heterocycles. The minimum Gasteiger partial charge on any atom is -0.501 e. The Hall–Kier alpha value is -0.500. The van der Waals surface area contributed by atoms with Crippen molar-refractivity contribution in [1.82, 2.24) is 0 Å². The number of rotatable bonds is 0. The lowest BCUT2D eigenvalue weighted by molar-refractivity contribution is 0.0780. The fourth-order valence-electron chi connectivity index (χ4n) is 0.632. The van der Waals surface area contributed by atoms with Crippen molar-refractivity contribution in [3.63, 3.8) is 0 Å². The Kier molecular flexibility index (Phi) is 1.53. The summed E-state index contributed by atoms with van der Waals surface area (Å²) >= 11 is 0. The van der Waals surface area contributed by atoms with E-state index in [-0.39, 0.29) is 12.0 Å². The van der Waals surface area contributed by atoms with Crippen molar-refractivity contribution in [3.8, 4) is 0 Å². The van der Waals surface area contributed by atoms with E-state index < -0.39 is 0 Å². The third-order valence-electron chi connectivity index (χ3n) is 1.31. The van der Waals surface area contributed by atoms with Gasteiger partial charge in [0.2, 0.25) is 0 Å². The number of ether oxygens (including phenoxy) is 1. The number of hydrogen-bond donors (Lipinski definition) is 1. The predicted octanol–water partition coefficient (Wildman–Crippen LogP) is 0.527. The maximum absolute atomic E-state index is 9.01. The zero-order chi connectivity index (χ0) is 5.98. The van der Waals surface area contributed by atoms with Gasteiger partial charge in [-0.15, -0.1) is 0 Å². The number of hydrogen-bond acceptors (Lipinski definition) is 2. The normalized spacial score (nSPS) is 36.8. The van der Waals surface area contributed by atoms with Crippen LogP contribution >= 0.6 is 0 Å². The summed E-state index contributed by atoms with van der Waals surface area (Å²) in [5, 5.41) is 9.01. The highest BCUT2D eigenvalue weighted by Crippen LogP contribution is 2.09. The summed E-state index contributed by atoms with van der Waals surface area (Å²) in [5.74, 6) is 0.250. The highest BCUT2D eigenvalue weighted by molar-refractivity contribution is 4.89. The van der Waals surface area contributed by atoms with Gasteiger partial charge in [-0.2, -0.15) is 0 Å². The fourth-order valence-corrected chi connectivity index (χ4v) is 0.632. The summed E-state index contributed by atoms with van der Waals surface area (Å²) < 4.78 is 4.91. The van der Waals surface area contributed by atoms with Crippen LogP contribution in [0.1, 0.15) is 6.92 Å². The Balaban J connectivity index is 2.47. The molecule has 1 aliphatic rings. The van der Waals surface area contributed by atoms with Gasteiger partial charge in [0.1, 0.15) is 0 Å². The summed E-state index contributed by atoms with van der Waals surface area (Å²) in [7, 11) is 0. The van der Waals surface area contributed by atoms with Crippen LogP contribution in [0.25, 0.3) is 0 Å². The van der Waals surface area contributed by atoms with E-state index in [4.69, 9.17) is 9.84 Å². The summed E-state index contributed by atoms with van der Waals surface area (Å²) in [6, 6.07) is 0. The van der Waals surface area contributed by atoms with E-state index in [1.165, 1.54) is 0 Å². The largest absolute Gasteiger partial charge is 0.501 e. The topological polar surface area (TPSA) is 29.5 Å². The van der Waals surface area contributed by atoms with E-state index in [1.54, 1.807) is 12.3 Å². The fraction of sp³-hybridized carbons (Fsp3) is 0.667. The van der Waals surface area contributed by atoms with Gasteiger partial charge in [0.15, 0.2) is 0 Å². The van der Waals surface area contributed by atoms with Crippen molar-refractivity contribution in [2.75, 3.05) is 6.61 Å². The molecular weight excluding hydrogens is 104 g/mol. The highest BCUT2D eigenvalue weighted by Gasteiger charge is 2.13. The number of aliphatic hydroxyl groups is 1. The Bertz CT molecular complexity index is 98.7. The van der Waals surface area contributed by atoms with E-state index in [1.807, 2.05) is 6.92 Å². The first kappa shape index (κ1) is 5.63. The molecule has 0 aromatic rings. The van der Waals surface area contributed by atoms with Crippen molar-refractivity contribution < 1.29 is 9.84 Å². The Morgan fingerprint density at radius 1 is 1.75 bits per heavy atom. The van der Waals surface area contributed by atoms with Gasteiger partial charge in [-0.05, 0) is 6.08 Å². The molecule has 2 heteroatoms. The minimum absolute atomic E-state index is 0.250. The molecule has 0 fully saturated rings. The quantitative estimate of drug-likeness (QED) is 0.497. The van der Waals surface area contributed by atoms with Crippen LogP contribution in [0.4, 0.5) is 0 Å².